The fourth-order valence-electron chi connectivity index (χ4n) is 1.80. The van der Waals surface area contributed by atoms with E-state index in [9.17, 15) is 13.6 Å². The van der Waals surface area contributed by atoms with Crippen LogP contribution in [0.5, 0.6) is 0 Å². The molecule has 0 spiro atoms. The summed E-state index contributed by atoms with van der Waals surface area (Å²) in [6.45, 7) is 7.95. The number of esters is 1. The average molecular weight is 236 g/mol. The Morgan fingerprint density at radius 3 is 2.06 bits per heavy atom. The van der Waals surface area contributed by atoms with Crippen molar-refractivity contribution >= 4 is 5.97 Å². The molecule has 0 fully saturated rings. The summed E-state index contributed by atoms with van der Waals surface area (Å²) >= 11 is 0. The molecule has 0 bridgehead atoms. The molecule has 0 radical (unpaired) electrons. The van der Waals surface area contributed by atoms with E-state index in [-0.39, 0.29) is 5.92 Å². The van der Waals surface area contributed by atoms with Gasteiger partial charge >= 0.3 is 11.9 Å². The Morgan fingerprint density at radius 1 is 1.25 bits per heavy atom. The van der Waals surface area contributed by atoms with Gasteiger partial charge in [0.15, 0.2) is 0 Å². The Morgan fingerprint density at radius 2 is 1.75 bits per heavy atom. The number of rotatable bonds is 6. The van der Waals surface area contributed by atoms with Gasteiger partial charge in [-0.05, 0) is 32.6 Å². The molecule has 0 saturated carbocycles. The molecule has 0 aromatic carbocycles. The molecule has 0 N–H and O–H groups in total. The number of hydrogen-bond donors (Lipinski definition) is 0. The lowest BCUT2D eigenvalue weighted by Crippen LogP contribution is -2.41. The second kappa shape index (κ2) is 5.60. The number of hydrogen-bond acceptors (Lipinski definition) is 2. The van der Waals surface area contributed by atoms with Crippen LogP contribution in [-0.2, 0) is 9.53 Å². The van der Waals surface area contributed by atoms with E-state index in [1.165, 1.54) is 0 Å². The van der Waals surface area contributed by atoms with Crippen molar-refractivity contribution in [2.24, 2.45) is 5.92 Å². The van der Waals surface area contributed by atoms with Gasteiger partial charge in [-0.15, -0.1) is 0 Å². The predicted molar refractivity (Wildman–Crippen MR) is 59.5 cm³/mol. The fraction of sp³-hybridized carbons (Fsp3) is 0.917. The number of ether oxygens (including phenoxy) is 1. The molecule has 16 heavy (non-hydrogen) atoms. The molecule has 0 aromatic rings. The van der Waals surface area contributed by atoms with Crippen LogP contribution in [0.25, 0.3) is 0 Å². The SMILES string of the molecule is CCCC(CC)C(C)(C)OC(=O)C(C)(F)F. The van der Waals surface area contributed by atoms with E-state index in [1.807, 2.05) is 13.8 Å². The summed E-state index contributed by atoms with van der Waals surface area (Å²) in [5.41, 5.74) is -0.832. The molecule has 1 atom stereocenters. The minimum absolute atomic E-state index is 0.115. The molecule has 0 saturated heterocycles. The summed E-state index contributed by atoms with van der Waals surface area (Å²) in [5.74, 6) is -4.74. The second-order valence-electron chi connectivity index (χ2n) is 4.78. The van der Waals surface area contributed by atoms with Crippen LogP contribution >= 0.6 is 0 Å². The van der Waals surface area contributed by atoms with Gasteiger partial charge in [0.25, 0.3) is 0 Å². The van der Waals surface area contributed by atoms with Crippen molar-refractivity contribution in [2.75, 3.05) is 0 Å². The number of carbonyl (C=O) groups excluding carboxylic acids is 1. The Hall–Kier alpha value is -0.670. The minimum atomic E-state index is -3.41. The summed E-state index contributed by atoms with van der Waals surface area (Å²) in [5, 5.41) is 0. The quantitative estimate of drug-likeness (QED) is 0.656. The van der Waals surface area contributed by atoms with E-state index in [0.717, 1.165) is 19.3 Å². The van der Waals surface area contributed by atoms with Gasteiger partial charge < -0.3 is 4.74 Å². The fourth-order valence-corrected chi connectivity index (χ4v) is 1.80. The van der Waals surface area contributed by atoms with Crippen molar-refractivity contribution in [2.45, 2.75) is 65.4 Å². The summed E-state index contributed by atoms with van der Waals surface area (Å²) in [7, 11) is 0. The van der Waals surface area contributed by atoms with E-state index >= 15 is 0 Å². The maximum Gasteiger partial charge on any atom is 0.377 e. The van der Waals surface area contributed by atoms with Crippen molar-refractivity contribution in [3.8, 4) is 0 Å². The van der Waals surface area contributed by atoms with Gasteiger partial charge in [0, 0.05) is 6.92 Å². The molecule has 0 aromatic heterocycles. The van der Waals surface area contributed by atoms with Crippen LogP contribution in [0.4, 0.5) is 8.78 Å². The predicted octanol–water partition coefficient (Wildman–Crippen LogP) is 3.79. The van der Waals surface area contributed by atoms with Crippen molar-refractivity contribution in [3.63, 3.8) is 0 Å². The lowest BCUT2D eigenvalue weighted by atomic mass is 9.85. The van der Waals surface area contributed by atoms with E-state index in [0.29, 0.717) is 6.92 Å². The van der Waals surface area contributed by atoms with Crippen LogP contribution < -0.4 is 0 Å². The van der Waals surface area contributed by atoms with Crippen molar-refractivity contribution in [1.29, 1.82) is 0 Å². The minimum Gasteiger partial charge on any atom is -0.455 e. The largest absolute Gasteiger partial charge is 0.455 e. The van der Waals surface area contributed by atoms with Gasteiger partial charge in [0.1, 0.15) is 5.60 Å². The van der Waals surface area contributed by atoms with Crippen LogP contribution in [-0.4, -0.2) is 17.5 Å². The molecule has 0 rings (SSSR count). The first kappa shape index (κ1) is 15.3. The molecule has 0 aliphatic carbocycles. The Bertz CT molecular complexity index is 232. The summed E-state index contributed by atoms with van der Waals surface area (Å²) < 4.78 is 30.4. The average Bonchev–Trinajstić information content (AvgIpc) is 2.11. The van der Waals surface area contributed by atoms with E-state index in [2.05, 4.69) is 0 Å². The first-order chi connectivity index (χ1) is 7.15. The summed E-state index contributed by atoms with van der Waals surface area (Å²) in [4.78, 5) is 11.1. The molecule has 1 unspecified atom stereocenters. The van der Waals surface area contributed by atoms with Gasteiger partial charge in [0.2, 0.25) is 0 Å². The Balaban J connectivity index is 4.59. The van der Waals surface area contributed by atoms with E-state index in [4.69, 9.17) is 4.74 Å². The maximum atomic E-state index is 12.7. The molecule has 2 nitrogen and oxygen atoms in total. The zero-order valence-electron chi connectivity index (χ0n) is 10.8. The highest BCUT2D eigenvalue weighted by atomic mass is 19.3. The standard InChI is InChI=1S/C12H22F2O2/c1-6-8-9(7-2)11(3,4)16-10(15)12(5,13)14/h9H,6-8H2,1-5H3. The smallest absolute Gasteiger partial charge is 0.377 e. The Kier molecular flexibility index (Phi) is 5.36. The third-order valence-corrected chi connectivity index (χ3v) is 2.83. The lowest BCUT2D eigenvalue weighted by Gasteiger charge is -2.34. The van der Waals surface area contributed by atoms with Crippen molar-refractivity contribution < 1.29 is 18.3 Å². The molecule has 4 heteroatoms. The zero-order valence-corrected chi connectivity index (χ0v) is 10.8. The second-order valence-corrected chi connectivity index (χ2v) is 4.78. The Labute approximate surface area is 96.4 Å². The van der Waals surface area contributed by atoms with Crippen LogP contribution in [0.3, 0.4) is 0 Å². The van der Waals surface area contributed by atoms with Gasteiger partial charge in [-0.1, -0.05) is 20.3 Å². The molecule has 96 valence electrons. The molecule has 0 aliphatic heterocycles. The van der Waals surface area contributed by atoms with Gasteiger partial charge in [-0.3, -0.25) is 0 Å². The molecular formula is C12H22F2O2. The highest BCUT2D eigenvalue weighted by Crippen LogP contribution is 2.30. The topological polar surface area (TPSA) is 26.3 Å². The number of carbonyl (C=O) groups is 1. The summed E-state index contributed by atoms with van der Waals surface area (Å²) in [6.07, 6.45) is 2.62. The van der Waals surface area contributed by atoms with Crippen LogP contribution in [0.2, 0.25) is 0 Å². The monoisotopic (exact) mass is 236 g/mol. The van der Waals surface area contributed by atoms with Crippen molar-refractivity contribution in [1.82, 2.24) is 0 Å². The zero-order chi connectivity index (χ0) is 13.0. The van der Waals surface area contributed by atoms with Gasteiger partial charge in [-0.25, -0.2) is 4.79 Å². The van der Waals surface area contributed by atoms with Crippen LogP contribution in [0.1, 0.15) is 53.9 Å². The highest BCUT2D eigenvalue weighted by molar-refractivity contribution is 5.77. The van der Waals surface area contributed by atoms with Crippen LogP contribution in [0.15, 0.2) is 0 Å². The van der Waals surface area contributed by atoms with Crippen LogP contribution in [0, 0.1) is 5.92 Å². The summed E-state index contributed by atoms with van der Waals surface area (Å²) in [6, 6.07) is 0. The number of halogens is 2. The normalized spacial score (nSPS) is 14.7. The third-order valence-electron chi connectivity index (χ3n) is 2.83. The third kappa shape index (κ3) is 4.45. The maximum absolute atomic E-state index is 12.7. The molecule has 0 amide bonds. The van der Waals surface area contributed by atoms with E-state index < -0.39 is 17.5 Å². The first-order valence-corrected chi connectivity index (χ1v) is 5.76. The highest BCUT2D eigenvalue weighted by Gasteiger charge is 2.40. The molecule has 0 aliphatic rings. The lowest BCUT2D eigenvalue weighted by molar-refractivity contribution is -0.187. The van der Waals surface area contributed by atoms with Crippen molar-refractivity contribution in [3.05, 3.63) is 0 Å². The van der Waals surface area contributed by atoms with Gasteiger partial charge in [0.05, 0.1) is 0 Å². The molecule has 0 heterocycles. The van der Waals surface area contributed by atoms with Gasteiger partial charge in [-0.2, -0.15) is 8.78 Å². The number of alkyl halides is 2. The first-order valence-electron chi connectivity index (χ1n) is 5.76. The van der Waals surface area contributed by atoms with E-state index in [1.54, 1.807) is 13.8 Å². The molecular weight excluding hydrogens is 214 g/mol.